The molecule has 1 saturated heterocycles. The van der Waals surface area contributed by atoms with Gasteiger partial charge in [-0.1, -0.05) is 18.2 Å². The van der Waals surface area contributed by atoms with Crippen molar-refractivity contribution in [1.82, 2.24) is 9.88 Å². The average Bonchev–Trinajstić information content (AvgIpc) is 3.03. The van der Waals surface area contributed by atoms with Gasteiger partial charge in [-0.2, -0.15) is 0 Å². The minimum absolute atomic E-state index is 0.0241. The van der Waals surface area contributed by atoms with Crippen LogP contribution >= 0.6 is 0 Å². The van der Waals surface area contributed by atoms with E-state index in [-0.39, 0.29) is 30.8 Å². The Labute approximate surface area is 176 Å². The number of anilines is 1. The number of nitrogens with one attached hydrogen (secondary N) is 2. The molecule has 0 aliphatic carbocycles. The van der Waals surface area contributed by atoms with Crippen molar-refractivity contribution in [3.8, 4) is 0 Å². The summed E-state index contributed by atoms with van der Waals surface area (Å²) in [7, 11) is 0. The standard InChI is InChI=1S/C23H29N3O4/c1-4-30-23(29)21-15(2)20(16(3)24-21)19(27)14-26-12-10-17(11-13-26)22(28)25-18-8-6-5-7-9-18/h5-9,17,24H,4,10-14H2,1-3H3,(H,25,28). The number of para-hydroxylation sites is 1. The molecule has 1 aromatic carbocycles. The first-order valence-corrected chi connectivity index (χ1v) is 10.4. The largest absolute Gasteiger partial charge is 0.461 e. The fraction of sp³-hybridized carbons (Fsp3) is 0.435. The van der Waals surface area contributed by atoms with Crippen LogP contribution < -0.4 is 5.32 Å². The molecule has 3 rings (SSSR count). The van der Waals surface area contributed by atoms with Gasteiger partial charge >= 0.3 is 5.97 Å². The second-order valence-electron chi connectivity index (χ2n) is 7.67. The van der Waals surface area contributed by atoms with Crippen molar-refractivity contribution in [3.63, 3.8) is 0 Å². The molecule has 1 fully saturated rings. The van der Waals surface area contributed by atoms with E-state index in [1.807, 2.05) is 30.3 Å². The number of rotatable bonds is 7. The fourth-order valence-corrected chi connectivity index (χ4v) is 3.98. The van der Waals surface area contributed by atoms with Gasteiger partial charge < -0.3 is 15.0 Å². The van der Waals surface area contributed by atoms with Crippen LogP contribution in [0.1, 0.15) is 51.9 Å². The summed E-state index contributed by atoms with van der Waals surface area (Å²) in [6.45, 7) is 7.24. The summed E-state index contributed by atoms with van der Waals surface area (Å²) >= 11 is 0. The van der Waals surface area contributed by atoms with E-state index in [0.717, 1.165) is 5.69 Å². The van der Waals surface area contributed by atoms with Crippen LogP contribution in [0, 0.1) is 19.8 Å². The summed E-state index contributed by atoms with van der Waals surface area (Å²) in [6, 6.07) is 9.44. The van der Waals surface area contributed by atoms with E-state index in [9.17, 15) is 14.4 Å². The Morgan fingerprint density at radius 1 is 1.13 bits per heavy atom. The molecule has 0 saturated carbocycles. The molecule has 2 N–H and O–H groups in total. The molecule has 0 unspecified atom stereocenters. The number of ketones is 1. The number of aromatic nitrogens is 1. The van der Waals surface area contributed by atoms with Crippen LogP contribution in [0.25, 0.3) is 0 Å². The first-order valence-electron chi connectivity index (χ1n) is 10.4. The third-order valence-corrected chi connectivity index (χ3v) is 5.56. The maximum atomic E-state index is 12.9. The van der Waals surface area contributed by atoms with E-state index in [4.69, 9.17) is 4.74 Å². The maximum Gasteiger partial charge on any atom is 0.355 e. The summed E-state index contributed by atoms with van der Waals surface area (Å²) in [5.74, 6) is -0.488. The number of Topliss-reactive ketones (excluding diaryl/α,β-unsaturated/α-hetero) is 1. The van der Waals surface area contributed by atoms with Crippen LogP contribution in [0.2, 0.25) is 0 Å². The molecule has 0 radical (unpaired) electrons. The number of aryl methyl sites for hydroxylation is 1. The van der Waals surface area contributed by atoms with Gasteiger partial charge in [-0.15, -0.1) is 0 Å². The number of esters is 1. The molecule has 7 nitrogen and oxygen atoms in total. The lowest BCUT2D eigenvalue weighted by molar-refractivity contribution is -0.121. The topological polar surface area (TPSA) is 91.5 Å². The van der Waals surface area contributed by atoms with Crippen molar-refractivity contribution in [2.24, 2.45) is 5.92 Å². The third kappa shape index (κ3) is 4.97. The zero-order valence-electron chi connectivity index (χ0n) is 17.8. The minimum Gasteiger partial charge on any atom is -0.461 e. The van der Waals surface area contributed by atoms with Gasteiger partial charge in [0.2, 0.25) is 5.91 Å². The quantitative estimate of drug-likeness (QED) is 0.539. The van der Waals surface area contributed by atoms with Crippen LogP contribution in [0.3, 0.4) is 0 Å². The zero-order chi connectivity index (χ0) is 21.7. The van der Waals surface area contributed by atoms with E-state index in [2.05, 4.69) is 15.2 Å². The van der Waals surface area contributed by atoms with Crippen molar-refractivity contribution >= 4 is 23.3 Å². The summed E-state index contributed by atoms with van der Waals surface area (Å²) in [5.41, 5.74) is 3.01. The molecule has 2 heterocycles. The van der Waals surface area contributed by atoms with Crippen molar-refractivity contribution in [2.75, 3.05) is 31.6 Å². The number of aromatic amines is 1. The highest BCUT2D eigenvalue weighted by Crippen LogP contribution is 2.23. The molecule has 7 heteroatoms. The highest BCUT2D eigenvalue weighted by Gasteiger charge is 2.28. The third-order valence-electron chi connectivity index (χ3n) is 5.56. The van der Waals surface area contributed by atoms with Gasteiger partial charge in [0, 0.05) is 22.9 Å². The maximum absolute atomic E-state index is 12.9. The zero-order valence-corrected chi connectivity index (χ0v) is 17.8. The van der Waals surface area contributed by atoms with E-state index >= 15 is 0 Å². The highest BCUT2D eigenvalue weighted by molar-refractivity contribution is 6.03. The molecular formula is C23H29N3O4. The highest BCUT2D eigenvalue weighted by atomic mass is 16.5. The summed E-state index contributed by atoms with van der Waals surface area (Å²) in [5, 5.41) is 2.96. The molecule has 1 aliphatic heterocycles. The number of carbonyl (C=O) groups is 3. The number of hydrogen-bond acceptors (Lipinski definition) is 5. The van der Waals surface area contributed by atoms with Crippen LogP contribution in [0.15, 0.2) is 30.3 Å². The van der Waals surface area contributed by atoms with Crippen molar-refractivity contribution < 1.29 is 19.1 Å². The number of likely N-dealkylation sites (tertiary alicyclic amines) is 1. The van der Waals surface area contributed by atoms with Crippen LogP contribution in [0.4, 0.5) is 5.69 Å². The van der Waals surface area contributed by atoms with Gasteiger partial charge in [0.25, 0.3) is 0 Å². The van der Waals surface area contributed by atoms with Gasteiger partial charge in [-0.25, -0.2) is 4.79 Å². The molecule has 1 aromatic heterocycles. The normalized spacial score (nSPS) is 15.0. The van der Waals surface area contributed by atoms with Crippen LogP contribution in [-0.2, 0) is 9.53 Å². The molecule has 0 spiro atoms. The predicted octanol–water partition coefficient (Wildman–Crippen LogP) is 3.34. The Morgan fingerprint density at radius 2 is 1.80 bits per heavy atom. The second-order valence-corrected chi connectivity index (χ2v) is 7.67. The van der Waals surface area contributed by atoms with E-state index in [1.165, 1.54) is 0 Å². The van der Waals surface area contributed by atoms with Crippen molar-refractivity contribution in [2.45, 2.75) is 33.6 Å². The SMILES string of the molecule is CCOC(=O)c1[nH]c(C)c(C(=O)CN2CCC(C(=O)Nc3ccccc3)CC2)c1C. The predicted molar refractivity (Wildman–Crippen MR) is 115 cm³/mol. The Bertz CT molecular complexity index is 912. The lowest BCUT2D eigenvalue weighted by atomic mass is 9.95. The summed E-state index contributed by atoms with van der Waals surface area (Å²) in [4.78, 5) is 42.5. The Morgan fingerprint density at radius 3 is 2.43 bits per heavy atom. The molecular weight excluding hydrogens is 382 g/mol. The molecule has 30 heavy (non-hydrogen) atoms. The van der Waals surface area contributed by atoms with Crippen LogP contribution in [0.5, 0.6) is 0 Å². The van der Waals surface area contributed by atoms with Crippen LogP contribution in [-0.4, -0.2) is 53.8 Å². The van der Waals surface area contributed by atoms with Gasteiger partial charge in [-0.3, -0.25) is 14.5 Å². The molecule has 0 bridgehead atoms. The fourth-order valence-electron chi connectivity index (χ4n) is 3.98. The number of nitrogens with zero attached hydrogens (tertiary/aromatic N) is 1. The monoisotopic (exact) mass is 411 g/mol. The summed E-state index contributed by atoms with van der Waals surface area (Å²) < 4.78 is 5.05. The number of benzene rings is 1. The van der Waals surface area contributed by atoms with E-state index in [0.29, 0.717) is 48.4 Å². The summed E-state index contributed by atoms with van der Waals surface area (Å²) in [6.07, 6.45) is 1.43. The molecule has 0 atom stereocenters. The van der Waals surface area contributed by atoms with Gasteiger partial charge in [0.15, 0.2) is 5.78 Å². The van der Waals surface area contributed by atoms with Gasteiger partial charge in [-0.05, 0) is 64.4 Å². The molecule has 160 valence electrons. The van der Waals surface area contributed by atoms with Gasteiger partial charge in [0.1, 0.15) is 5.69 Å². The van der Waals surface area contributed by atoms with Crippen molar-refractivity contribution in [1.29, 1.82) is 0 Å². The Hall–Kier alpha value is -2.93. The lowest BCUT2D eigenvalue weighted by Crippen LogP contribution is -2.40. The van der Waals surface area contributed by atoms with Crippen molar-refractivity contribution in [3.05, 3.63) is 52.8 Å². The number of ether oxygens (including phenoxy) is 1. The molecule has 1 aliphatic rings. The first kappa shape index (κ1) is 21.8. The number of amides is 1. The number of H-pyrrole nitrogens is 1. The van der Waals surface area contributed by atoms with E-state index < -0.39 is 5.97 Å². The first-order chi connectivity index (χ1) is 14.4. The number of piperidine rings is 1. The van der Waals surface area contributed by atoms with E-state index in [1.54, 1.807) is 20.8 Å². The minimum atomic E-state index is -0.442. The Kier molecular flexibility index (Phi) is 7.05. The number of carbonyl (C=O) groups excluding carboxylic acids is 3. The number of hydrogen-bond donors (Lipinski definition) is 2. The smallest absolute Gasteiger partial charge is 0.355 e. The van der Waals surface area contributed by atoms with Gasteiger partial charge in [0.05, 0.1) is 13.2 Å². The molecule has 1 amide bonds. The second kappa shape index (κ2) is 9.71. The Balaban J connectivity index is 1.55. The lowest BCUT2D eigenvalue weighted by Gasteiger charge is -2.30. The average molecular weight is 412 g/mol. The molecule has 2 aromatic rings.